The highest BCUT2D eigenvalue weighted by atomic mass is 35.5. The molecule has 0 aliphatic carbocycles. The van der Waals surface area contributed by atoms with Crippen LogP contribution >= 0.6 is 23.2 Å². The van der Waals surface area contributed by atoms with E-state index in [1.54, 1.807) is 25.1 Å². The Morgan fingerprint density at radius 2 is 1.65 bits per heavy atom. The maximum absolute atomic E-state index is 13.7. The van der Waals surface area contributed by atoms with Crippen molar-refractivity contribution >= 4 is 57.5 Å². The third-order valence-corrected chi connectivity index (χ3v) is 8.24. The van der Waals surface area contributed by atoms with Gasteiger partial charge in [-0.2, -0.15) is 5.10 Å². The molecule has 0 unspecified atom stereocenters. The number of benzene rings is 4. The van der Waals surface area contributed by atoms with Crippen LogP contribution in [0.5, 0.6) is 0 Å². The number of fused-ring (bicyclic) bond motifs is 1. The van der Waals surface area contributed by atoms with Crippen molar-refractivity contribution < 1.29 is 14.4 Å². The van der Waals surface area contributed by atoms with E-state index in [9.17, 15) is 14.4 Å². The Balaban J connectivity index is 1.30. The van der Waals surface area contributed by atoms with Gasteiger partial charge in [-0.25, -0.2) is 9.80 Å². The van der Waals surface area contributed by atoms with Crippen molar-refractivity contribution in [1.82, 2.24) is 15.2 Å². The number of rotatable bonds is 5. The number of hydrogen-bond donors (Lipinski definition) is 1. The molecule has 7 nitrogen and oxygen atoms in total. The third-order valence-electron chi connectivity index (χ3n) is 7.50. The van der Waals surface area contributed by atoms with Gasteiger partial charge in [0.1, 0.15) is 12.1 Å². The summed E-state index contributed by atoms with van der Waals surface area (Å²) in [6.07, 6.45) is 0.495. The molecule has 4 amide bonds. The molecule has 2 heterocycles. The number of carbonyl (C=O) groups is 3. The Bertz CT molecular complexity index is 1710. The van der Waals surface area contributed by atoms with Crippen LogP contribution in [0.4, 0.5) is 4.79 Å². The van der Waals surface area contributed by atoms with Crippen LogP contribution < -0.4 is 5.32 Å². The van der Waals surface area contributed by atoms with Gasteiger partial charge in [0, 0.05) is 6.42 Å². The third kappa shape index (κ3) is 4.51. The first-order valence-electron chi connectivity index (χ1n) is 12.8. The van der Waals surface area contributed by atoms with Gasteiger partial charge < -0.3 is 5.32 Å². The lowest BCUT2D eigenvalue weighted by atomic mass is 9.92. The second kappa shape index (κ2) is 10.1. The summed E-state index contributed by atoms with van der Waals surface area (Å²) < 4.78 is 0. The van der Waals surface area contributed by atoms with Crippen molar-refractivity contribution in [1.29, 1.82) is 0 Å². The van der Waals surface area contributed by atoms with Crippen LogP contribution in [0.2, 0.25) is 10.0 Å². The van der Waals surface area contributed by atoms with E-state index in [0.29, 0.717) is 17.0 Å². The average Bonchev–Trinajstić information content (AvgIpc) is 3.51. The molecule has 6 rings (SSSR count). The summed E-state index contributed by atoms with van der Waals surface area (Å²) in [5.74, 6) is -1.02. The first kappa shape index (κ1) is 26.0. The Labute approximate surface area is 241 Å². The van der Waals surface area contributed by atoms with Gasteiger partial charge >= 0.3 is 6.03 Å². The fourth-order valence-electron chi connectivity index (χ4n) is 5.27. The van der Waals surface area contributed by atoms with E-state index >= 15 is 0 Å². The molecular formula is C31H24Cl2N4O3. The molecule has 1 saturated heterocycles. The maximum Gasteiger partial charge on any atom is 0.325 e. The quantitative estimate of drug-likeness (QED) is 0.286. The van der Waals surface area contributed by atoms with Crippen molar-refractivity contribution in [2.45, 2.75) is 24.9 Å². The molecule has 0 spiro atoms. The minimum Gasteiger partial charge on any atom is -0.319 e. The molecule has 2 aliphatic heterocycles. The second-order valence-corrected chi connectivity index (χ2v) is 10.9. The number of nitrogens with one attached hydrogen (secondary N) is 1. The summed E-state index contributed by atoms with van der Waals surface area (Å²) in [6.45, 7) is 1.12. The van der Waals surface area contributed by atoms with Gasteiger partial charge in [-0.05, 0) is 52.6 Å². The lowest BCUT2D eigenvalue weighted by Crippen LogP contribution is -2.43. The van der Waals surface area contributed by atoms with Gasteiger partial charge in [0.25, 0.3) is 11.8 Å². The van der Waals surface area contributed by atoms with E-state index in [2.05, 4.69) is 11.4 Å². The minimum absolute atomic E-state index is 0.260. The molecule has 0 radical (unpaired) electrons. The van der Waals surface area contributed by atoms with E-state index < -0.39 is 29.9 Å². The summed E-state index contributed by atoms with van der Waals surface area (Å²) in [5, 5.41) is 11.6. The predicted molar refractivity (Wildman–Crippen MR) is 155 cm³/mol. The fourth-order valence-corrected chi connectivity index (χ4v) is 5.57. The highest BCUT2D eigenvalue weighted by Crippen LogP contribution is 2.36. The van der Waals surface area contributed by atoms with Crippen LogP contribution in [-0.4, -0.2) is 40.0 Å². The molecule has 0 saturated carbocycles. The van der Waals surface area contributed by atoms with Gasteiger partial charge in [0.2, 0.25) is 0 Å². The number of carbonyl (C=O) groups excluding carboxylic acids is 3. The molecule has 2 atom stereocenters. The largest absolute Gasteiger partial charge is 0.325 e. The number of nitrogens with zero attached hydrogens (tertiary/aromatic N) is 3. The molecule has 4 aromatic carbocycles. The average molecular weight is 571 g/mol. The van der Waals surface area contributed by atoms with Gasteiger partial charge in [0.05, 0.1) is 21.8 Å². The topological polar surface area (TPSA) is 82.1 Å². The van der Waals surface area contributed by atoms with E-state index in [1.165, 1.54) is 5.01 Å². The first-order valence-corrected chi connectivity index (χ1v) is 13.5. The van der Waals surface area contributed by atoms with Crippen molar-refractivity contribution in [2.24, 2.45) is 5.10 Å². The van der Waals surface area contributed by atoms with Crippen LogP contribution in [0.3, 0.4) is 0 Å². The van der Waals surface area contributed by atoms with Crippen molar-refractivity contribution in [3.63, 3.8) is 0 Å². The highest BCUT2D eigenvalue weighted by molar-refractivity contribution is 6.42. The zero-order valence-corrected chi connectivity index (χ0v) is 23.0. The Hall–Kier alpha value is -4.20. The summed E-state index contributed by atoms with van der Waals surface area (Å²) >= 11 is 12.2. The highest BCUT2D eigenvalue weighted by Gasteiger charge is 2.50. The Morgan fingerprint density at radius 3 is 2.40 bits per heavy atom. The predicted octanol–water partition coefficient (Wildman–Crippen LogP) is 6.29. The Morgan fingerprint density at radius 1 is 0.925 bits per heavy atom. The SMILES string of the molecule is C[C@@]1(c2ccc(Cl)c(Cl)c2)NC(=O)N(CC(=O)N2N=C(c3ccc4ccccc4c3)C[C@H]2c2ccccc2)C1=O. The lowest BCUT2D eigenvalue weighted by molar-refractivity contribution is -0.140. The van der Waals surface area contributed by atoms with Gasteiger partial charge in [0.15, 0.2) is 0 Å². The van der Waals surface area contributed by atoms with E-state index in [-0.39, 0.29) is 11.1 Å². The molecule has 1 fully saturated rings. The molecule has 1 N–H and O–H groups in total. The minimum atomic E-state index is -1.39. The monoisotopic (exact) mass is 570 g/mol. The number of halogens is 2. The van der Waals surface area contributed by atoms with Crippen LogP contribution in [-0.2, 0) is 15.1 Å². The van der Waals surface area contributed by atoms with E-state index in [4.69, 9.17) is 28.3 Å². The number of urea groups is 1. The van der Waals surface area contributed by atoms with Gasteiger partial charge in [-0.3, -0.25) is 14.5 Å². The van der Waals surface area contributed by atoms with Gasteiger partial charge in [-0.15, -0.1) is 0 Å². The molecule has 40 heavy (non-hydrogen) atoms. The first-order chi connectivity index (χ1) is 19.2. The summed E-state index contributed by atoms with van der Waals surface area (Å²) in [6, 6.07) is 27.4. The zero-order valence-electron chi connectivity index (χ0n) is 21.5. The summed E-state index contributed by atoms with van der Waals surface area (Å²) in [4.78, 5) is 41.1. The molecular weight excluding hydrogens is 547 g/mol. The molecule has 4 aromatic rings. The normalized spacial score (nSPS) is 20.7. The van der Waals surface area contributed by atoms with Gasteiger partial charge in [-0.1, -0.05) is 96.0 Å². The summed E-state index contributed by atoms with van der Waals surface area (Å²) in [7, 11) is 0. The van der Waals surface area contributed by atoms with Crippen LogP contribution in [0, 0.1) is 0 Å². The molecule has 200 valence electrons. The van der Waals surface area contributed by atoms with Crippen molar-refractivity contribution in [2.75, 3.05) is 6.54 Å². The standard InChI is InChI=1S/C31H24Cl2N4O3/c1-31(23-13-14-24(32)25(33)16-23)29(39)36(30(40)34-31)18-28(38)37-27(20-8-3-2-4-9-20)17-26(35-37)22-12-11-19-7-5-6-10-21(19)15-22/h2-16,27H,17-18H2,1H3,(H,34,40)/t27-,31-/m0/s1. The van der Waals surface area contributed by atoms with Crippen LogP contribution in [0.25, 0.3) is 10.8 Å². The molecule has 9 heteroatoms. The lowest BCUT2D eigenvalue weighted by Gasteiger charge is -2.25. The molecule has 0 bridgehead atoms. The van der Waals surface area contributed by atoms with Crippen LogP contribution in [0.15, 0.2) is 96.1 Å². The molecule has 0 aromatic heterocycles. The number of hydrogen-bond acceptors (Lipinski definition) is 4. The van der Waals surface area contributed by atoms with Crippen molar-refractivity contribution in [3.05, 3.63) is 118 Å². The summed E-state index contributed by atoms with van der Waals surface area (Å²) in [5.41, 5.74) is 1.65. The van der Waals surface area contributed by atoms with Crippen LogP contribution in [0.1, 0.15) is 36.1 Å². The number of amides is 4. The maximum atomic E-state index is 13.7. The fraction of sp³-hybridized carbons (Fsp3) is 0.161. The van der Waals surface area contributed by atoms with Crippen molar-refractivity contribution in [3.8, 4) is 0 Å². The molecule has 2 aliphatic rings. The Kier molecular flexibility index (Phi) is 6.56. The smallest absolute Gasteiger partial charge is 0.319 e. The van der Waals surface area contributed by atoms with E-state index in [1.807, 2.05) is 66.7 Å². The number of imide groups is 1. The zero-order chi connectivity index (χ0) is 28.0. The second-order valence-electron chi connectivity index (χ2n) is 10.1. The van der Waals surface area contributed by atoms with E-state index in [0.717, 1.165) is 32.5 Å². The number of hydrazone groups is 1.